The Balaban J connectivity index is 0. The molecule has 1 radical (unpaired) electrons. The zero-order chi connectivity index (χ0) is 21.7. The fourth-order valence-electron chi connectivity index (χ4n) is 3.35. The summed E-state index contributed by atoms with van der Waals surface area (Å²) in [6, 6.07) is 25.2. The number of halogens is 2. The van der Waals surface area contributed by atoms with Crippen LogP contribution >= 0.6 is 0 Å². The third-order valence-electron chi connectivity index (χ3n) is 5.02. The fraction of sp³-hybridized carbons (Fsp3) is 0.393. The summed E-state index contributed by atoms with van der Waals surface area (Å²) in [5, 5.41) is 0. The van der Waals surface area contributed by atoms with Gasteiger partial charge in [0.05, 0.1) is 0 Å². The van der Waals surface area contributed by atoms with Gasteiger partial charge in [-0.2, -0.15) is 42.0 Å². The molecule has 0 spiro atoms. The average Bonchev–Trinajstić information content (AvgIpc) is 3.31. The van der Waals surface area contributed by atoms with E-state index < -0.39 is 0 Å². The largest absolute Gasteiger partial charge is 4.00 e. The second-order valence-electron chi connectivity index (χ2n) is 9.85. The topological polar surface area (TPSA) is 0 Å². The van der Waals surface area contributed by atoms with Crippen molar-refractivity contribution in [2.24, 2.45) is 0 Å². The molecule has 0 N–H and O–H groups in total. The Labute approximate surface area is 231 Å². The first kappa shape index (κ1) is 33.6. The molecular weight excluding hydrogens is 527 g/mol. The van der Waals surface area contributed by atoms with Crippen molar-refractivity contribution in [1.82, 2.24) is 0 Å². The molecule has 0 fully saturated rings. The summed E-state index contributed by atoms with van der Waals surface area (Å²) in [4.78, 5) is 0. The first-order valence-electron chi connectivity index (χ1n) is 10.7. The van der Waals surface area contributed by atoms with Gasteiger partial charge in [-0.3, -0.25) is 0 Å². The van der Waals surface area contributed by atoms with Gasteiger partial charge >= 0.3 is 26.2 Å². The van der Waals surface area contributed by atoms with Crippen molar-refractivity contribution in [2.45, 2.75) is 71.9 Å². The fourth-order valence-corrected chi connectivity index (χ4v) is 3.35. The van der Waals surface area contributed by atoms with Gasteiger partial charge in [0.1, 0.15) is 0 Å². The standard InChI is InChI=1S/C21H25.C5H5.C2H7Si.2ClH.Zr/c1-20(2,3)16-7-9-18-14(12-16)11-15-13-17(21(4,5)6)8-10-19(15)18;1-2-4-5-3-1;1-3-2;;;/h7-10,12H,11H2,1-6H3;1-5H;3H,1-2H3;2*1H;/q2*-1;;;;+4/p-2. The van der Waals surface area contributed by atoms with Crippen LogP contribution in [0, 0.1) is 6.07 Å². The molecule has 0 atom stereocenters. The molecule has 0 aliphatic heterocycles. The molecule has 3 aromatic rings. The van der Waals surface area contributed by atoms with Crippen molar-refractivity contribution in [3.63, 3.8) is 0 Å². The van der Waals surface area contributed by atoms with Gasteiger partial charge in [-0.1, -0.05) is 78.4 Å². The van der Waals surface area contributed by atoms with E-state index in [2.05, 4.69) is 91.0 Å². The maximum atomic E-state index is 3.67. The quantitative estimate of drug-likeness (QED) is 0.225. The van der Waals surface area contributed by atoms with Crippen molar-refractivity contribution in [2.75, 3.05) is 0 Å². The molecule has 3 aromatic carbocycles. The molecule has 0 aromatic heterocycles. The Kier molecular flexibility index (Phi) is 15.4. The van der Waals surface area contributed by atoms with E-state index in [-0.39, 0.29) is 61.8 Å². The van der Waals surface area contributed by atoms with Gasteiger partial charge in [-0.05, 0) is 28.4 Å². The maximum absolute atomic E-state index is 3.67. The minimum Gasteiger partial charge on any atom is -1.00 e. The molecule has 0 heterocycles. The maximum Gasteiger partial charge on any atom is 4.00 e. The van der Waals surface area contributed by atoms with Crippen LogP contribution in [0.2, 0.25) is 13.1 Å². The van der Waals surface area contributed by atoms with Crippen LogP contribution in [0.25, 0.3) is 11.1 Å². The van der Waals surface area contributed by atoms with Gasteiger partial charge in [0.25, 0.3) is 0 Å². The van der Waals surface area contributed by atoms with E-state index in [0.717, 1.165) is 15.9 Å². The van der Waals surface area contributed by atoms with E-state index in [1.54, 1.807) is 0 Å². The normalized spacial score (nSPS) is 11.0. The summed E-state index contributed by atoms with van der Waals surface area (Å²) in [5.41, 5.74) is 8.70. The number of hydrogen-bond acceptors (Lipinski definition) is 0. The van der Waals surface area contributed by atoms with Gasteiger partial charge in [-0.25, -0.2) is 12.1 Å². The van der Waals surface area contributed by atoms with E-state index in [4.69, 9.17) is 0 Å². The summed E-state index contributed by atoms with van der Waals surface area (Å²) >= 11 is 0. The molecule has 0 amide bonds. The van der Waals surface area contributed by atoms with Gasteiger partial charge in [0.15, 0.2) is 0 Å². The third kappa shape index (κ3) is 9.38. The number of fused-ring (bicyclic) bond motifs is 3. The average molecular weight is 564 g/mol. The molecule has 0 unspecified atom stereocenters. The summed E-state index contributed by atoms with van der Waals surface area (Å²) in [7, 11) is 0.750. The molecule has 171 valence electrons. The van der Waals surface area contributed by atoms with Crippen LogP contribution in [-0.4, -0.2) is 9.52 Å². The van der Waals surface area contributed by atoms with Crippen molar-refractivity contribution < 1.29 is 51.0 Å². The minimum absolute atomic E-state index is 0. The predicted molar refractivity (Wildman–Crippen MR) is 132 cm³/mol. The summed E-state index contributed by atoms with van der Waals surface area (Å²) in [6.45, 7) is 18.0. The van der Waals surface area contributed by atoms with Crippen molar-refractivity contribution in [1.29, 1.82) is 0 Å². The predicted octanol–water partition coefficient (Wildman–Crippen LogP) is 1.58. The smallest absolute Gasteiger partial charge is 1.00 e. The Hall–Kier alpha value is -0.530. The monoisotopic (exact) mass is 561 g/mol. The number of benzene rings is 2. The van der Waals surface area contributed by atoms with Gasteiger partial charge in [-0.15, -0.1) is 11.1 Å². The SMILES string of the molecule is CC(C)(C)c1[c-]c2c(cc1)-c1ccc(C(C)(C)C)cc1C2.C[SiH]C.[Cl-].[Cl-].[Zr+4].c1cc[cH-]c1. The van der Waals surface area contributed by atoms with Crippen molar-refractivity contribution in [3.8, 4) is 11.1 Å². The molecule has 32 heavy (non-hydrogen) atoms. The van der Waals surface area contributed by atoms with Crippen LogP contribution < -0.4 is 24.8 Å². The number of hydrogen-bond donors (Lipinski definition) is 0. The number of rotatable bonds is 0. The van der Waals surface area contributed by atoms with Crippen LogP contribution in [-0.2, 0) is 43.5 Å². The van der Waals surface area contributed by atoms with Gasteiger partial charge in [0, 0.05) is 9.52 Å². The van der Waals surface area contributed by atoms with E-state index in [0.29, 0.717) is 0 Å². The first-order valence-corrected chi connectivity index (χ1v) is 13.0. The molecule has 0 bridgehead atoms. The van der Waals surface area contributed by atoms with Crippen LogP contribution in [0.1, 0.15) is 63.8 Å². The second kappa shape index (κ2) is 14.7. The Morgan fingerprint density at radius 2 is 1.34 bits per heavy atom. The van der Waals surface area contributed by atoms with Gasteiger partial charge in [0.2, 0.25) is 0 Å². The van der Waals surface area contributed by atoms with E-state index >= 15 is 0 Å². The molecule has 1 aliphatic rings. The Bertz CT molecular complexity index is 825. The molecule has 4 heteroatoms. The van der Waals surface area contributed by atoms with Crippen LogP contribution in [0.4, 0.5) is 0 Å². The molecule has 4 rings (SSSR count). The Morgan fingerprint density at radius 1 is 0.812 bits per heavy atom. The van der Waals surface area contributed by atoms with E-state index in [1.165, 1.54) is 33.4 Å². The summed E-state index contributed by atoms with van der Waals surface area (Å²) in [5.74, 6) is 0. The second-order valence-corrected chi connectivity index (χ2v) is 11.0. The first-order chi connectivity index (χ1) is 13.6. The third-order valence-corrected chi connectivity index (χ3v) is 5.02. The molecule has 0 nitrogen and oxygen atoms in total. The summed E-state index contributed by atoms with van der Waals surface area (Å²) in [6.07, 6.45) is 1.03. The Morgan fingerprint density at radius 3 is 1.78 bits per heavy atom. The molecular formula is C28H37Cl2SiZr. The molecule has 0 saturated heterocycles. The molecule has 0 saturated carbocycles. The van der Waals surface area contributed by atoms with Gasteiger partial charge < -0.3 is 24.8 Å². The molecule has 1 aliphatic carbocycles. The van der Waals surface area contributed by atoms with E-state index in [1.807, 2.05) is 30.3 Å². The van der Waals surface area contributed by atoms with Crippen LogP contribution in [0.5, 0.6) is 0 Å². The van der Waals surface area contributed by atoms with Crippen molar-refractivity contribution in [3.05, 3.63) is 89.0 Å². The van der Waals surface area contributed by atoms with Crippen molar-refractivity contribution >= 4 is 9.52 Å². The zero-order valence-electron chi connectivity index (χ0n) is 20.8. The van der Waals surface area contributed by atoms with E-state index in [9.17, 15) is 0 Å². The summed E-state index contributed by atoms with van der Waals surface area (Å²) < 4.78 is 0. The van der Waals surface area contributed by atoms with Crippen LogP contribution in [0.15, 0.2) is 60.7 Å². The minimum atomic E-state index is 0. The van der Waals surface area contributed by atoms with Crippen LogP contribution in [0.3, 0.4) is 0 Å². The zero-order valence-corrected chi connectivity index (χ0v) is 25.9.